The average molecular weight is 282 g/mol. The fraction of sp³-hybridized carbons (Fsp3) is 0.714. The van der Waals surface area contributed by atoms with Gasteiger partial charge in [0.15, 0.2) is 5.69 Å². The normalized spacial score (nSPS) is 27.1. The monoisotopic (exact) mass is 282 g/mol. The van der Waals surface area contributed by atoms with Crippen molar-refractivity contribution < 1.29 is 19.2 Å². The van der Waals surface area contributed by atoms with Gasteiger partial charge in [0, 0.05) is 19.6 Å². The standard InChI is InChI=1S/C14H22N2O4/c1-3-9-8-11(16-20-9)14(18)15-10-6-4-5-7-12(19-2)13(10)17/h8,10,12-13,17H,3-7H2,1-2H3,(H,15,18)/t10-,12-,13-/m1/s1. The Bertz CT molecular complexity index is 446. The summed E-state index contributed by atoms with van der Waals surface area (Å²) in [5.74, 6) is 0.362. The SMILES string of the molecule is CCc1cc(C(=O)N[C@@H]2CCCC[C@@H](OC)[C@@H]2O)no1. The van der Waals surface area contributed by atoms with E-state index in [2.05, 4.69) is 10.5 Å². The van der Waals surface area contributed by atoms with Gasteiger partial charge in [0.05, 0.1) is 12.1 Å². The van der Waals surface area contributed by atoms with Gasteiger partial charge in [-0.1, -0.05) is 24.9 Å². The number of aromatic nitrogens is 1. The number of carbonyl (C=O) groups excluding carboxylic acids is 1. The minimum atomic E-state index is -0.691. The topological polar surface area (TPSA) is 84.6 Å². The zero-order valence-electron chi connectivity index (χ0n) is 12.0. The number of nitrogens with zero attached hydrogens (tertiary/aromatic N) is 1. The van der Waals surface area contributed by atoms with Gasteiger partial charge in [-0.15, -0.1) is 0 Å². The second-order valence-electron chi connectivity index (χ2n) is 5.16. The van der Waals surface area contributed by atoms with Crippen molar-refractivity contribution in [2.75, 3.05) is 7.11 Å². The number of ether oxygens (including phenoxy) is 1. The lowest BCUT2D eigenvalue weighted by Crippen LogP contribution is -2.48. The first kappa shape index (κ1) is 15.0. The van der Waals surface area contributed by atoms with E-state index in [0.717, 1.165) is 25.7 Å². The molecule has 1 aromatic rings. The smallest absolute Gasteiger partial charge is 0.273 e. The molecule has 0 spiro atoms. The lowest BCUT2D eigenvalue weighted by Gasteiger charge is -2.26. The summed E-state index contributed by atoms with van der Waals surface area (Å²) in [5, 5.41) is 16.8. The summed E-state index contributed by atoms with van der Waals surface area (Å²) in [7, 11) is 1.59. The Hall–Kier alpha value is -1.40. The Morgan fingerprint density at radius 3 is 2.95 bits per heavy atom. The molecule has 112 valence electrons. The first-order chi connectivity index (χ1) is 9.65. The largest absolute Gasteiger partial charge is 0.388 e. The van der Waals surface area contributed by atoms with Gasteiger partial charge in [-0.25, -0.2) is 0 Å². The third-order valence-electron chi connectivity index (χ3n) is 3.81. The molecule has 2 N–H and O–H groups in total. The predicted octanol–water partition coefficient (Wildman–Crippen LogP) is 1.29. The summed E-state index contributed by atoms with van der Waals surface area (Å²) >= 11 is 0. The van der Waals surface area contributed by atoms with E-state index < -0.39 is 6.10 Å². The molecule has 0 aromatic carbocycles. The van der Waals surface area contributed by atoms with Crippen molar-refractivity contribution in [3.05, 3.63) is 17.5 Å². The number of methoxy groups -OCH3 is 1. The summed E-state index contributed by atoms with van der Waals surface area (Å²) in [6.07, 6.45) is 3.28. The van der Waals surface area contributed by atoms with Crippen LogP contribution in [-0.4, -0.2) is 41.5 Å². The Morgan fingerprint density at radius 2 is 2.30 bits per heavy atom. The Labute approximate surface area is 118 Å². The van der Waals surface area contributed by atoms with E-state index in [9.17, 15) is 9.90 Å². The number of aliphatic hydroxyl groups excluding tert-OH is 1. The first-order valence-corrected chi connectivity index (χ1v) is 7.13. The van der Waals surface area contributed by atoms with Crippen molar-refractivity contribution in [2.24, 2.45) is 0 Å². The number of nitrogens with one attached hydrogen (secondary N) is 1. The van der Waals surface area contributed by atoms with E-state index in [0.29, 0.717) is 12.2 Å². The maximum Gasteiger partial charge on any atom is 0.273 e. The van der Waals surface area contributed by atoms with Crippen molar-refractivity contribution in [3.8, 4) is 0 Å². The maximum absolute atomic E-state index is 12.1. The lowest BCUT2D eigenvalue weighted by molar-refractivity contribution is -0.0277. The first-order valence-electron chi connectivity index (χ1n) is 7.13. The molecule has 3 atom stereocenters. The van der Waals surface area contributed by atoms with Crippen LogP contribution in [0.1, 0.15) is 48.9 Å². The van der Waals surface area contributed by atoms with E-state index in [1.807, 2.05) is 6.92 Å². The molecule has 1 aliphatic rings. The van der Waals surface area contributed by atoms with Crippen LogP contribution in [0.15, 0.2) is 10.6 Å². The van der Waals surface area contributed by atoms with Gasteiger partial charge >= 0.3 is 0 Å². The Kier molecular flexibility index (Phi) is 5.14. The minimum absolute atomic E-state index is 0.230. The van der Waals surface area contributed by atoms with E-state index in [-0.39, 0.29) is 23.7 Å². The van der Waals surface area contributed by atoms with E-state index in [4.69, 9.17) is 9.26 Å². The molecule has 1 aliphatic carbocycles. The number of carbonyl (C=O) groups is 1. The maximum atomic E-state index is 12.1. The van der Waals surface area contributed by atoms with E-state index in [1.54, 1.807) is 13.2 Å². The van der Waals surface area contributed by atoms with Gasteiger partial charge in [-0.2, -0.15) is 0 Å². The van der Waals surface area contributed by atoms with Crippen LogP contribution in [0.2, 0.25) is 0 Å². The van der Waals surface area contributed by atoms with Crippen molar-refractivity contribution >= 4 is 5.91 Å². The summed E-state index contributed by atoms with van der Waals surface area (Å²) in [4.78, 5) is 12.1. The molecule has 0 saturated heterocycles. The highest BCUT2D eigenvalue weighted by atomic mass is 16.5. The molecule has 0 radical (unpaired) electrons. The van der Waals surface area contributed by atoms with E-state index >= 15 is 0 Å². The highest BCUT2D eigenvalue weighted by Gasteiger charge is 2.31. The number of aryl methyl sites for hydroxylation is 1. The molecule has 0 bridgehead atoms. The molecule has 20 heavy (non-hydrogen) atoms. The van der Waals surface area contributed by atoms with Crippen molar-refractivity contribution in [1.29, 1.82) is 0 Å². The molecular weight excluding hydrogens is 260 g/mol. The van der Waals surface area contributed by atoms with Crippen LogP contribution in [0.25, 0.3) is 0 Å². The van der Waals surface area contributed by atoms with Crippen LogP contribution in [0.5, 0.6) is 0 Å². The molecule has 6 heteroatoms. The molecular formula is C14H22N2O4. The quantitative estimate of drug-likeness (QED) is 0.813. The highest BCUT2D eigenvalue weighted by molar-refractivity contribution is 5.92. The number of rotatable bonds is 4. The summed E-state index contributed by atoms with van der Waals surface area (Å²) in [5.41, 5.74) is 0.257. The molecule has 0 aliphatic heterocycles. The van der Waals surface area contributed by atoms with Crippen LogP contribution in [0.4, 0.5) is 0 Å². The zero-order chi connectivity index (χ0) is 14.5. The third-order valence-corrected chi connectivity index (χ3v) is 3.81. The zero-order valence-corrected chi connectivity index (χ0v) is 12.0. The Balaban J connectivity index is 2.01. The minimum Gasteiger partial charge on any atom is -0.388 e. The molecule has 0 unspecified atom stereocenters. The van der Waals surface area contributed by atoms with Crippen molar-refractivity contribution in [1.82, 2.24) is 10.5 Å². The Morgan fingerprint density at radius 1 is 1.55 bits per heavy atom. The molecule has 1 saturated carbocycles. The fourth-order valence-corrected chi connectivity index (χ4v) is 2.55. The van der Waals surface area contributed by atoms with Gasteiger partial charge in [0.25, 0.3) is 5.91 Å². The van der Waals surface area contributed by atoms with E-state index in [1.165, 1.54) is 0 Å². The second-order valence-corrected chi connectivity index (χ2v) is 5.16. The number of hydrogen-bond acceptors (Lipinski definition) is 5. The molecule has 2 rings (SSSR count). The van der Waals surface area contributed by atoms with Crippen LogP contribution in [0, 0.1) is 0 Å². The summed E-state index contributed by atoms with van der Waals surface area (Å²) in [6, 6.07) is 1.32. The average Bonchev–Trinajstić information content (AvgIpc) is 2.87. The molecule has 1 aromatic heterocycles. The number of aliphatic hydroxyl groups is 1. The van der Waals surface area contributed by atoms with Gasteiger partial charge in [0.1, 0.15) is 11.9 Å². The van der Waals surface area contributed by atoms with Crippen LogP contribution in [0.3, 0.4) is 0 Å². The van der Waals surface area contributed by atoms with Gasteiger partial charge < -0.3 is 19.7 Å². The van der Waals surface area contributed by atoms with Crippen molar-refractivity contribution in [2.45, 2.75) is 57.3 Å². The van der Waals surface area contributed by atoms with Crippen LogP contribution in [-0.2, 0) is 11.2 Å². The fourth-order valence-electron chi connectivity index (χ4n) is 2.55. The lowest BCUT2D eigenvalue weighted by atomic mass is 10.0. The second kappa shape index (κ2) is 6.85. The summed E-state index contributed by atoms with van der Waals surface area (Å²) in [6.45, 7) is 1.93. The van der Waals surface area contributed by atoms with Crippen LogP contribution < -0.4 is 5.32 Å². The van der Waals surface area contributed by atoms with Gasteiger partial charge in [-0.05, 0) is 12.8 Å². The number of amides is 1. The molecule has 1 amide bonds. The van der Waals surface area contributed by atoms with Crippen LogP contribution >= 0.6 is 0 Å². The predicted molar refractivity (Wildman–Crippen MR) is 72.4 cm³/mol. The molecule has 1 fully saturated rings. The van der Waals surface area contributed by atoms with Gasteiger partial charge in [0.2, 0.25) is 0 Å². The molecule has 6 nitrogen and oxygen atoms in total. The molecule has 1 heterocycles. The number of hydrogen-bond donors (Lipinski definition) is 2. The highest BCUT2D eigenvalue weighted by Crippen LogP contribution is 2.21. The third kappa shape index (κ3) is 3.37. The summed E-state index contributed by atoms with van der Waals surface area (Å²) < 4.78 is 10.3. The van der Waals surface area contributed by atoms with Crippen molar-refractivity contribution in [3.63, 3.8) is 0 Å². The van der Waals surface area contributed by atoms with Gasteiger partial charge in [-0.3, -0.25) is 4.79 Å².